The van der Waals surface area contributed by atoms with E-state index in [1.165, 1.54) is 12.8 Å². The molecule has 0 bridgehead atoms. The molecule has 0 aliphatic heterocycles. The summed E-state index contributed by atoms with van der Waals surface area (Å²) in [7, 11) is 0. The van der Waals surface area contributed by atoms with Gasteiger partial charge in [-0.2, -0.15) is 0 Å². The molecule has 1 saturated carbocycles. The van der Waals surface area contributed by atoms with Gasteiger partial charge in [-0.1, -0.05) is 13.8 Å². The van der Waals surface area contributed by atoms with Crippen LogP contribution in [0.2, 0.25) is 0 Å². The molecule has 0 amide bonds. The van der Waals surface area contributed by atoms with Crippen molar-refractivity contribution < 1.29 is 9.53 Å². The normalized spacial score (nSPS) is 26.9. The molecule has 94 valence electrons. The largest absolute Gasteiger partial charge is 0.460 e. The molecule has 0 atom stereocenters. The van der Waals surface area contributed by atoms with Crippen molar-refractivity contribution in [1.29, 1.82) is 0 Å². The average Bonchev–Trinajstić information content (AvgIpc) is 2.15. The topological polar surface area (TPSA) is 26.3 Å². The van der Waals surface area contributed by atoms with Crippen LogP contribution in [-0.4, -0.2) is 11.6 Å². The fraction of sp³-hybridized carbons (Fsp3) is 0.929. The summed E-state index contributed by atoms with van der Waals surface area (Å²) in [5.74, 6) is 1.71. The monoisotopic (exact) mass is 226 g/mol. The molecular formula is C14H26O2. The van der Waals surface area contributed by atoms with E-state index >= 15 is 0 Å². The SMILES string of the molecule is CC(C)C1CCC(C(=O)OC(C)(C)C)CC1. The number of carbonyl (C=O) groups excluding carboxylic acids is 1. The Hall–Kier alpha value is -0.530. The lowest BCUT2D eigenvalue weighted by atomic mass is 9.77. The van der Waals surface area contributed by atoms with Crippen LogP contribution in [0.3, 0.4) is 0 Å². The van der Waals surface area contributed by atoms with Gasteiger partial charge in [0.25, 0.3) is 0 Å². The maximum absolute atomic E-state index is 11.9. The minimum atomic E-state index is -0.341. The van der Waals surface area contributed by atoms with E-state index in [0.29, 0.717) is 0 Å². The highest BCUT2D eigenvalue weighted by Gasteiger charge is 2.30. The van der Waals surface area contributed by atoms with Crippen LogP contribution in [0.1, 0.15) is 60.3 Å². The Balaban J connectivity index is 2.39. The van der Waals surface area contributed by atoms with E-state index in [1.54, 1.807) is 0 Å². The van der Waals surface area contributed by atoms with Crippen LogP contribution < -0.4 is 0 Å². The zero-order chi connectivity index (χ0) is 12.3. The highest BCUT2D eigenvalue weighted by molar-refractivity contribution is 5.72. The van der Waals surface area contributed by atoms with Crippen molar-refractivity contribution in [3.05, 3.63) is 0 Å². The van der Waals surface area contributed by atoms with E-state index in [-0.39, 0.29) is 17.5 Å². The molecular weight excluding hydrogens is 200 g/mol. The van der Waals surface area contributed by atoms with Crippen molar-refractivity contribution >= 4 is 5.97 Å². The Morgan fingerprint density at radius 3 is 2.00 bits per heavy atom. The first-order chi connectivity index (χ1) is 7.29. The Labute approximate surface area is 99.8 Å². The minimum Gasteiger partial charge on any atom is -0.460 e. The molecule has 0 aromatic carbocycles. The molecule has 0 unspecified atom stereocenters. The smallest absolute Gasteiger partial charge is 0.309 e. The lowest BCUT2D eigenvalue weighted by Crippen LogP contribution is -2.31. The van der Waals surface area contributed by atoms with Gasteiger partial charge in [-0.25, -0.2) is 0 Å². The second-order valence-electron chi connectivity index (χ2n) is 6.39. The van der Waals surface area contributed by atoms with Gasteiger partial charge >= 0.3 is 5.97 Å². The van der Waals surface area contributed by atoms with Gasteiger partial charge in [-0.05, 0) is 58.3 Å². The first-order valence-electron chi connectivity index (χ1n) is 6.52. The van der Waals surface area contributed by atoms with Gasteiger partial charge in [-0.15, -0.1) is 0 Å². The van der Waals surface area contributed by atoms with Gasteiger partial charge in [0.2, 0.25) is 0 Å². The zero-order valence-corrected chi connectivity index (χ0v) is 11.4. The fourth-order valence-electron chi connectivity index (χ4n) is 2.41. The van der Waals surface area contributed by atoms with Gasteiger partial charge in [-0.3, -0.25) is 4.79 Å². The molecule has 0 N–H and O–H groups in total. The summed E-state index contributed by atoms with van der Waals surface area (Å²) in [5.41, 5.74) is -0.341. The number of hydrogen-bond acceptors (Lipinski definition) is 2. The molecule has 0 aromatic rings. The first kappa shape index (κ1) is 13.5. The average molecular weight is 226 g/mol. The van der Waals surface area contributed by atoms with Gasteiger partial charge in [0.15, 0.2) is 0 Å². The molecule has 16 heavy (non-hydrogen) atoms. The molecule has 1 rings (SSSR count). The lowest BCUT2D eigenvalue weighted by molar-refractivity contribution is -0.161. The van der Waals surface area contributed by atoms with E-state index in [1.807, 2.05) is 20.8 Å². The third-order valence-electron chi connectivity index (χ3n) is 3.45. The van der Waals surface area contributed by atoms with Gasteiger partial charge in [0.1, 0.15) is 5.60 Å². The molecule has 1 fully saturated rings. The number of ether oxygens (including phenoxy) is 1. The predicted octanol–water partition coefficient (Wildman–Crippen LogP) is 3.79. The van der Waals surface area contributed by atoms with Crippen LogP contribution in [0.15, 0.2) is 0 Å². The Kier molecular flexibility index (Phi) is 4.40. The maximum atomic E-state index is 11.9. The molecule has 2 nitrogen and oxygen atoms in total. The minimum absolute atomic E-state index is 0.00899. The van der Waals surface area contributed by atoms with Crippen molar-refractivity contribution in [3.63, 3.8) is 0 Å². The molecule has 1 aliphatic carbocycles. The van der Waals surface area contributed by atoms with Crippen LogP contribution in [0.4, 0.5) is 0 Å². The molecule has 0 saturated heterocycles. The van der Waals surface area contributed by atoms with Crippen molar-refractivity contribution in [3.8, 4) is 0 Å². The van der Waals surface area contributed by atoms with E-state index in [9.17, 15) is 4.79 Å². The Morgan fingerprint density at radius 1 is 1.12 bits per heavy atom. The third-order valence-corrected chi connectivity index (χ3v) is 3.45. The fourth-order valence-corrected chi connectivity index (χ4v) is 2.41. The van der Waals surface area contributed by atoms with Gasteiger partial charge in [0.05, 0.1) is 5.92 Å². The highest BCUT2D eigenvalue weighted by atomic mass is 16.6. The zero-order valence-electron chi connectivity index (χ0n) is 11.4. The highest BCUT2D eigenvalue weighted by Crippen LogP contribution is 2.34. The second kappa shape index (κ2) is 5.20. The summed E-state index contributed by atoms with van der Waals surface area (Å²) in [5, 5.41) is 0. The van der Waals surface area contributed by atoms with Gasteiger partial charge in [0, 0.05) is 0 Å². The van der Waals surface area contributed by atoms with Crippen molar-refractivity contribution in [2.45, 2.75) is 65.9 Å². The van der Waals surface area contributed by atoms with Gasteiger partial charge < -0.3 is 4.74 Å². The molecule has 0 spiro atoms. The number of hydrogen-bond donors (Lipinski definition) is 0. The maximum Gasteiger partial charge on any atom is 0.309 e. The summed E-state index contributed by atoms with van der Waals surface area (Å²) < 4.78 is 5.43. The second-order valence-corrected chi connectivity index (χ2v) is 6.39. The van der Waals surface area contributed by atoms with Crippen LogP contribution in [0, 0.1) is 17.8 Å². The summed E-state index contributed by atoms with van der Waals surface area (Å²) in [4.78, 5) is 11.9. The summed E-state index contributed by atoms with van der Waals surface area (Å²) >= 11 is 0. The number of esters is 1. The lowest BCUT2D eigenvalue weighted by Gasteiger charge is -2.31. The summed E-state index contributed by atoms with van der Waals surface area (Å²) in [6.45, 7) is 10.4. The summed E-state index contributed by atoms with van der Waals surface area (Å²) in [6.07, 6.45) is 4.39. The molecule has 0 aromatic heterocycles. The van der Waals surface area contributed by atoms with Crippen LogP contribution in [-0.2, 0) is 9.53 Å². The molecule has 1 aliphatic rings. The number of rotatable bonds is 2. The Bertz CT molecular complexity index is 230. The molecule has 0 radical (unpaired) electrons. The van der Waals surface area contributed by atoms with Crippen LogP contribution in [0.5, 0.6) is 0 Å². The third kappa shape index (κ3) is 4.15. The first-order valence-corrected chi connectivity index (χ1v) is 6.52. The molecule has 0 heterocycles. The van der Waals surface area contributed by atoms with Crippen molar-refractivity contribution in [1.82, 2.24) is 0 Å². The standard InChI is InChI=1S/C14H26O2/c1-10(2)11-6-8-12(9-7-11)13(15)16-14(3,4)5/h10-12H,6-9H2,1-5H3. The van der Waals surface area contributed by atoms with E-state index in [0.717, 1.165) is 24.7 Å². The van der Waals surface area contributed by atoms with Crippen LogP contribution >= 0.6 is 0 Å². The van der Waals surface area contributed by atoms with Crippen LogP contribution in [0.25, 0.3) is 0 Å². The Morgan fingerprint density at radius 2 is 1.62 bits per heavy atom. The van der Waals surface area contributed by atoms with Crippen molar-refractivity contribution in [2.24, 2.45) is 17.8 Å². The predicted molar refractivity (Wildman–Crippen MR) is 66.1 cm³/mol. The van der Waals surface area contributed by atoms with E-state index in [4.69, 9.17) is 4.74 Å². The molecule has 2 heteroatoms. The quantitative estimate of drug-likeness (QED) is 0.670. The van der Waals surface area contributed by atoms with E-state index < -0.39 is 0 Å². The van der Waals surface area contributed by atoms with E-state index in [2.05, 4.69) is 13.8 Å². The van der Waals surface area contributed by atoms with Crippen molar-refractivity contribution in [2.75, 3.05) is 0 Å². The number of carbonyl (C=O) groups is 1. The summed E-state index contributed by atoms with van der Waals surface area (Å²) in [6, 6.07) is 0.